The zero-order chi connectivity index (χ0) is 12.3. The summed E-state index contributed by atoms with van der Waals surface area (Å²) in [7, 11) is 0. The van der Waals surface area contributed by atoms with Crippen LogP contribution >= 0.6 is 11.8 Å². The molecule has 0 aliphatic heterocycles. The summed E-state index contributed by atoms with van der Waals surface area (Å²) >= 11 is 1.49. The minimum absolute atomic E-state index is 0.0772. The van der Waals surface area contributed by atoms with Crippen LogP contribution in [-0.4, -0.2) is 15.8 Å². The van der Waals surface area contributed by atoms with Crippen LogP contribution in [-0.2, 0) is 0 Å². The molecule has 1 heterocycles. The summed E-state index contributed by atoms with van der Waals surface area (Å²) in [5, 5.41) is 8.02. The molecule has 17 heavy (non-hydrogen) atoms. The standard InChI is InChI=1S/C12H12N4S/c1-8-6-7-15-12(16-8)17-10-4-2-9(3-5-10)11(13)14/h2-7H,1H3,(H3,13,14). The lowest BCUT2D eigenvalue weighted by atomic mass is 10.2. The van der Waals surface area contributed by atoms with Gasteiger partial charge in [-0.15, -0.1) is 0 Å². The van der Waals surface area contributed by atoms with Crippen LogP contribution in [0, 0.1) is 12.3 Å². The molecule has 5 heteroatoms. The van der Waals surface area contributed by atoms with E-state index in [4.69, 9.17) is 11.1 Å². The van der Waals surface area contributed by atoms with Gasteiger partial charge in [0.2, 0.25) is 0 Å². The second kappa shape index (κ2) is 4.97. The van der Waals surface area contributed by atoms with Gasteiger partial charge in [0.15, 0.2) is 5.16 Å². The van der Waals surface area contributed by atoms with Crippen LogP contribution in [0.1, 0.15) is 11.3 Å². The molecule has 0 saturated carbocycles. The number of amidine groups is 1. The van der Waals surface area contributed by atoms with Crippen LogP contribution in [0.3, 0.4) is 0 Å². The van der Waals surface area contributed by atoms with Gasteiger partial charge in [0.1, 0.15) is 5.84 Å². The van der Waals surface area contributed by atoms with Crippen molar-refractivity contribution in [2.24, 2.45) is 5.73 Å². The van der Waals surface area contributed by atoms with Gasteiger partial charge < -0.3 is 5.73 Å². The number of rotatable bonds is 3. The summed E-state index contributed by atoms with van der Waals surface area (Å²) in [6.45, 7) is 1.94. The van der Waals surface area contributed by atoms with E-state index in [1.807, 2.05) is 37.3 Å². The summed E-state index contributed by atoms with van der Waals surface area (Å²) in [6, 6.07) is 9.32. The van der Waals surface area contributed by atoms with Gasteiger partial charge in [0, 0.05) is 22.3 Å². The van der Waals surface area contributed by atoms with Crippen LogP contribution in [0.15, 0.2) is 46.6 Å². The number of hydrogen-bond acceptors (Lipinski definition) is 4. The predicted octanol–water partition coefficient (Wildman–Crippen LogP) is 2.22. The molecule has 1 aromatic carbocycles. The van der Waals surface area contributed by atoms with Gasteiger partial charge in [0.05, 0.1) is 0 Å². The first-order valence-electron chi connectivity index (χ1n) is 5.07. The summed E-state index contributed by atoms with van der Waals surface area (Å²) in [6.07, 6.45) is 1.74. The fourth-order valence-electron chi connectivity index (χ4n) is 1.28. The highest BCUT2D eigenvalue weighted by atomic mass is 32.2. The molecule has 0 radical (unpaired) electrons. The normalized spacial score (nSPS) is 10.2. The summed E-state index contributed by atoms with van der Waals surface area (Å²) in [5.74, 6) is 0.0772. The molecular formula is C12H12N4S. The van der Waals surface area contributed by atoms with Crippen LogP contribution in [0.25, 0.3) is 0 Å². The minimum Gasteiger partial charge on any atom is -0.384 e. The highest BCUT2D eigenvalue weighted by Gasteiger charge is 2.01. The topological polar surface area (TPSA) is 75.7 Å². The maximum Gasteiger partial charge on any atom is 0.192 e. The second-order valence-electron chi connectivity index (χ2n) is 3.52. The van der Waals surface area contributed by atoms with Gasteiger partial charge in [0.25, 0.3) is 0 Å². The first-order valence-corrected chi connectivity index (χ1v) is 5.89. The number of nitrogens with one attached hydrogen (secondary N) is 1. The third-order valence-electron chi connectivity index (χ3n) is 2.15. The number of nitrogen functional groups attached to an aromatic ring is 1. The molecule has 0 saturated heterocycles. The minimum atomic E-state index is 0.0772. The average molecular weight is 244 g/mol. The van der Waals surface area contributed by atoms with Gasteiger partial charge >= 0.3 is 0 Å². The Bertz CT molecular complexity index is 536. The molecule has 3 N–H and O–H groups in total. The quantitative estimate of drug-likeness (QED) is 0.493. The molecule has 0 aliphatic rings. The summed E-state index contributed by atoms with van der Waals surface area (Å²) < 4.78 is 0. The van der Waals surface area contributed by atoms with E-state index in [9.17, 15) is 0 Å². The van der Waals surface area contributed by atoms with Crippen LogP contribution in [0.4, 0.5) is 0 Å². The first kappa shape index (κ1) is 11.6. The molecule has 0 fully saturated rings. The lowest BCUT2D eigenvalue weighted by Gasteiger charge is -2.02. The van der Waals surface area contributed by atoms with Crippen molar-refractivity contribution in [1.82, 2.24) is 9.97 Å². The highest BCUT2D eigenvalue weighted by molar-refractivity contribution is 7.99. The van der Waals surface area contributed by atoms with Crippen LogP contribution in [0.2, 0.25) is 0 Å². The van der Waals surface area contributed by atoms with E-state index in [0.29, 0.717) is 0 Å². The highest BCUT2D eigenvalue weighted by Crippen LogP contribution is 2.24. The SMILES string of the molecule is Cc1ccnc(Sc2ccc(C(=N)N)cc2)n1. The third-order valence-corrected chi connectivity index (χ3v) is 3.03. The van der Waals surface area contributed by atoms with Gasteiger partial charge in [-0.25, -0.2) is 9.97 Å². The summed E-state index contributed by atoms with van der Waals surface area (Å²) in [4.78, 5) is 9.52. The molecule has 0 atom stereocenters. The molecule has 2 rings (SSSR count). The Morgan fingerprint density at radius 2 is 1.94 bits per heavy atom. The van der Waals surface area contributed by atoms with Crippen molar-refractivity contribution < 1.29 is 0 Å². The third kappa shape index (κ3) is 3.04. The largest absolute Gasteiger partial charge is 0.384 e. The van der Waals surface area contributed by atoms with Gasteiger partial charge in [-0.1, -0.05) is 12.1 Å². The Kier molecular flexibility index (Phi) is 3.39. The molecule has 0 bridgehead atoms. The first-order chi connectivity index (χ1) is 8.15. The summed E-state index contributed by atoms with van der Waals surface area (Å²) in [5.41, 5.74) is 7.06. The van der Waals surface area contributed by atoms with Crippen molar-refractivity contribution in [1.29, 1.82) is 5.41 Å². The Balaban J connectivity index is 2.16. The van der Waals surface area contributed by atoms with E-state index < -0.39 is 0 Å². The Morgan fingerprint density at radius 1 is 1.24 bits per heavy atom. The van der Waals surface area contributed by atoms with E-state index in [1.54, 1.807) is 6.20 Å². The maximum absolute atomic E-state index is 7.30. The molecule has 2 aromatic rings. The molecule has 0 aliphatic carbocycles. The zero-order valence-corrected chi connectivity index (χ0v) is 10.2. The molecule has 4 nitrogen and oxygen atoms in total. The predicted molar refractivity (Wildman–Crippen MR) is 68.4 cm³/mol. The number of benzene rings is 1. The van der Waals surface area contributed by atoms with Crippen molar-refractivity contribution in [3.8, 4) is 0 Å². The molecule has 86 valence electrons. The van der Waals surface area contributed by atoms with Gasteiger partial charge in [-0.3, -0.25) is 5.41 Å². The zero-order valence-electron chi connectivity index (χ0n) is 9.34. The average Bonchev–Trinajstić information content (AvgIpc) is 2.29. The maximum atomic E-state index is 7.30. The van der Waals surface area contributed by atoms with E-state index in [0.717, 1.165) is 21.3 Å². The number of nitrogens with two attached hydrogens (primary N) is 1. The van der Waals surface area contributed by atoms with Crippen molar-refractivity contribution in [3.63, 3.8) is 0 Å². The van der Waals surface area contributed by atoms with Crippen molar-refractivity contribution in [3.05, 3.63) is 47.8 Å². The molecule has 0 spiro atoms. The Hall–Kier alpha value is -1.88. The molecular weight excluding hydrogens is 232 g/mol. The fourth-order valence-corrected chi connectivity index (χ4v) is 2.07. The molecule has 0 unspecified atom stereocenters. The van der Waals surface area contributed by atoms with Crippen molar-refractivity contribution in [2.45, 2.75) is 17.0 Å². The molecule has 0 amide bonds. The lowest BCUT2D eigenvalue weighted by Crippen LogP contribution is -2.10. The van der Waals surface area contributed by atoms with Crippen molar-refractivity contribution >= 4 is 17.6 Å². The van der Waals surface area contributed by atoms with Crippen LogP contribution < -0.4 is 5.73 Å². The van der Waals surface area contributed by atoms with Crippen molar-refractivity contribution in [2.75, 3.05) is 0 Å². The van der Waals surface area contributed by atoms with Crippen LogP contribution in [0.5, 0.6) is 0 Å². The van der Waals surface area contributed by atoms with E-state index in [2.05, 4.69) is 9.97 Å². The van der Waals surface area contributed by atoms with E-state index in [1.165, 1.54) is 11.8 Å². The second-order valence-corrected chi connectivity index (χ2v) is 4.56. The smallest absolute Gasteiger partial charge is 0.192 e. The Labute approximate surface area is 104 Å². The number of aromatic nitrogens is 2. The monoisotopic (exact) mass is 244 g/mol. The Morgan fingerprint density at radius 3 is 2.53 bits per heavy atom. The fraction of sp³-hybridized carbons (Fsp3) is 0.0833. The van der Waals surface area contributed by atoms with E-state index >= 15 is 0 Å². The number of aryl methyl sites for hydroxylation is 1. The van der Waals surface area contributed by atoms with Gasteiger partial charge in [-0.05, 0) is 36.9 Å². The number of hydrogen-bond donors (Lipinski definition) is 2. The van der Waals surface area contributed by atoms with E-state index in [-0.39, 0.29) is 5.84 Å². The number of nitrogens with zero attached hydrogens (tertiary/aromatic N) is 2. The lowest BCUT2D eigenvalue weighted by molar-refractivity contribution is 0.932. The molecule has 1 aromatic heterocycles. The van der Waals surface area contributed by atoms with Gasteiger partial charge in [-0.2, -0.15) is 0 Å².